The van der Waals surface area contributed by atoms with E-state index in [1.165, 1.54) is 0 Å². The lowest BCUT2D eigenvalue weighted by molar-refractivity contribution is -0.167. The summed E-state index contributed by atoms with van der Waals surface area (Å²) in [6.07, 6.45) is -2.18. The molecule has 7 nitrogen and oxygen atoms in total. The molecule has 80 valence electrons. The molecule has 0 heterocycles. The first-order valence-electron chi connectivity index (χ1n) is 3.31. The second-order valence-electron chi connectivity index (χ2n) is 2.54. The van der Waals surface area contributed by atoms with Gasteiger partial charge in [-0.05, 0) is 0 Å². The van der Waals surface area contributed by atoms with E-state index in [4.69, 9.17) is 10.2 Å². The predicted octanol–water partition coefficient (Wildman–Crippen LogP) is -0.636. The fourth-order valence-corrected chi connectivity index (χ4v) is 0.923. The Labute approximate surface area is 83.0 Å². The van der Waals surface area contributed by atoms with Gasteiger partial charge < -0.3 is 19.6 Å². The monoisotopic (exact) mass is 226 g/mol. The highest BCUT2D eigenvalue weighted by Crippen LogP contribution is 2.18. The molecule has 0 saturated heterocycles. The van der Waals surface area contributed by atoms with Crippen molar-refractivity contribution in [2.75, 3.05) is 0 Å². The lowest BCUT2D eigenvalue weighted by Gasteiger charge is -2.19. The summed E-state index contributed by atoms with van der Waals surface area (Å²) >= 11 is 4.61. The van der Waals surface area contributed by atoms with Gasteiger partial charge in [0.1, 0.15) is 11.9 Å². The van der Waals surface area contributed by atoms with Crippen LogP contribution >= 0.6 is 11.9 Å². The number of aliphatic hydroxyl groups is 1. The third-order valence-corrected chi connectivity index (χ3v) is 1.48. The van der Waals surface area contributed by atoms with Crippen molar-refractivity contribution in [3.63, 3.8) is 0 Å². The maximum atomic E-state index is 10.8. The molecule has 0 spiro atoms. The van der Waals surface area contributed by atoms with Crippen LogP contribution in [0.2, 0.25) is 0 Å². The number of rotatable bonds is 5. The van der Waals surface area contributed by atoms with Gasteiger partial charge in [0.05, 0.1) is 12.8 Å². The van der Waals surface area contributed by atoms with Crippen molar-refractivity contribution in [3.05, 3.63) is 0 Å². The van der Waals surface area contributed by atoms with E-state index in [1.54, 1.807) is 0 Å². The van der Waals surface area contributed by atoms with E-state index in [2.05, 4.69) is 16.2 Å². The summed E-state index contributed by atoms with van der Waals surface area (Å²) in [7, 11) is 0. The minimum Gasteiger partial charge on any atom is -0.481 e. The Bertz CT molecular complexity index is 245. The van der Waals surface area contributed by atoms with Crippen molar-refractivity contribution in [3.8, 4) is 0 Å². The lowest BCUT2D eigenvalue weighted by Crippen LogP contribution is -2.43. The first-order chi connectivity index (χ1) is 6.31. The third-order valence-electron chi connectivity index (χ3n) is 1.34. The summed E-state index contributed by atoms with van der Waals surface area (Å²) in [6.45, 7) is 0. The number of carboxylic acids is 2. The van der Waals surface area contributed by atoms with Gasteiger partial charge in [-0.2, -0.15) is 0 Å². The van der Waals surface area contributed by atoms with Gasteiger partial charge in [0.2, 0.25) is 0 Å². The molecule has 0 unspecified atom stereocenters. The molecule has 0 aromatic heterocycles. The smallest absolute Gasteiger partial charge is 0.357 e. The second kappa shape index (κ2) is 4.77. The minimum atomic E-state index is -2.64. The fraction of sp³-hybridized carbons (Fsp3) is 0.500. The van der Waals surface area contributed by atoms with Crippen LogP contribution in [0.3, 0.4) is 0 Å². The van der Waals surface area contributed by atoms with Crippen LogP contribution in [0.15, 0.2) is 0 Å². The van der Waals surface area contributed by atoms with Gasteiger partial charge in [-0.15, -0.1) is 0 Å². The quantitative estimate of drug-likeness (QED) is 0.570. The molecule has 0 aliphatic rings. The Balaban J connectivity index is 4.74. The highest BCUT2D eigenvalue weighted by Gasteiger charge is 2.42. The van der Waals surface area contributed by atoms with Crippen LogP contribution in [0, 0.1) is 0 Å². The van der Waals surface area contributed by atoms with Gasteiger partial charge in [0, 0.05) is 0 Å². The van der Waals surface area contributed by atoms with E-state index in [1.807, 2.05) is 0 Å². The largest absolute Gasteiger partial charge is 0.481 e. The van der Waals surface area contributed by atoms with Gasteiger partial charge in [0.15, 0.2) is 5.60 Å². The molecule has 0 bridgehead atoms. The van der Waals surface area contributed by atoms with Crippen LogP contribution in [0.5, 0.6) is 0 Å². The maximum Gasteiger partial charge on any atom is 0.357 e. The molecule has 3 N–H and O–H groups in total. The van der Waals surface area contributed by atoms with Crippen LogP contribution in [0.25, 0.3) is 0 Å². The number of carboxylic acid groups (broad SMARTS) is 2. The Morgan fingerprint density at radius 2 is 1.50 bits per heavy atom. The highest BCUT2D eigenvalue weighted by molar-refractivity contribution is 6.14. The van der Waals surface area contributed by atoms with Crippen LogP contribution < -0.4 is 0 Å². The summed E-state index contributed by atoms with van der Waals surface area (Å²) in [5.41, 5.74) is -2.64. The van der Waals surface area contributed by atoms with Gasteiger partial charge in [0.25, 0.3) is 0 Å². The van der Waals surface area contributed by atoms with Crippen molar-refractivity contribution >= 4 is 29.8 Å². The van der Waals surface area contributed by atoms with Crippen molar-refractivity contribution in [1.29, 1.82) is 0 Å². The molecule has 8 heteroatoms. The molecule has 0 radical (unpaired) electrons. The predicted molar refractivity (Wildman–Crippen MR) is 41.4 cm³/mol. The molecule has 0 fully saturated rings. The van der Waals surface area contributed by atoms with Gasteiger partial charge >= 0.3 is 17.9 Å². The molecule has 0 amide bonds. The summed E-state index contributed by atoms with van der Waals surface area (Å²) in [4.78, 5) is 31.2. The number of aliphatic carboxylic acids is 2. The van der Waals surface area contributed by atoms with Gasteiger partial charge in [-0.3, -0.25) is 9.59 Å². The topological polar surface area (TPSA) is 121 Å². The molecule has 0 aromatic rings. The zero-order chi connectivity index (χ0) is 11.4. The van der Waals surface area contributed by atoms with E-state index in [0.717, 1.165) is 0 Å². The molecule has 0 rings (SSSR count). The Morgan fingerprint density at radius 3 is 1.71 bits per heavy atom. The van der Waals surface area contributed by atoms with Gasteiger partial charge in [-0.1, -0.05) is 0 Å². The van der Waals surface area contributed by atoms with Crippen LogP contribution in [0.4, 0.5) is 0 Å². The van der Waals surface area contributed by atoms with Crippen molar-refractivity contribution < 1.29 is 34.0 Å². The molecular weight excluding hydrogens is 220 g/mol. The zero-order valence-electron chi connectivity index (χ0n) is 6.77. The van der Waals surface area contributed by atoms with E-state index in [0.29, 0.717) is 0 Å². The van der Waals surface area contributed by atoms with Crippen LogP contribution in [0.1, 0.15) is 12.8 Å². The van der Waals surface area contributed by atoms with Crippen LogP contribution in [-0.4, -0.2) is 38.8 Å². The number of hydrogen-bond acceptors (Lipinski definition) is 5. The summed E-state index contributed by atoms with van der Waals surface area (Å²) in [5, 5.41) is 25.9. The van der Waals surface area contributed by atoms with Crippen LogP contribution in [-0.2, 0) is 18.7 Å². The Kier molecular flexibility index (Phi) is 4.32. The number of hydrogen-bond donors (Lipinski definition) is 3. The summed E-state index contributed by atoms with van der Waals surface area (Å²) in [5.74, 6) is -4.60. The first-order valence-corrected chi connectivity index (χ1v) is 3.61. The maximum absolute atomic E-state index is 10.8. The summed E-state index contributed by atoms with van der Waals surface area (Å²) < 4.78 is 3.57. The molecule has 14 heavy (non-hydrogen) atoms. The first kappa shape index (κ1) is 12.7. The Hall–Kier alpha value is -1.34. The zero-order valence-corrected chi connectivity index (χ0v) is 7.52. The minimum absolute atomic E-state index is 1.09. The van der Waals surface area contributed by atoms with Crippen molar-refractivity contribution in [1.82, 2.24) is 0 Å². The van der Waals surface area contributed by atoms with Crippen molar-refractivity contribution in [2.45, 2.75) is 18.4 Å². The normalized spacial score (nSPS) is 10.7. The second-order valence-corrected chi connectivity index (χ2v) is 2.69. The number of carbonyl (C=O) groups is 3. The third kappa shape index (κ3) is 3.58. The van der Waals surface area contributed by atoms with E-state index >= 15 is 0 Å². The molecule has 0 aromatic carbocycles. The lowest BCUT2D eigenvalue weighted by atomic mass is 9.96. The fourth-order valence-electron chi connectivity index (χ4n) is 0.779. The standard InChI is InChI=1S/C6H7ClO7/c7-14-5(12)6(13,1-3(8)9)2-4(10)11/h13H,1-2H2,(H,8,9)(H,10,11). The van der Waals surface area contributed by atoms with E-state index < -0.39 is 36.4 Å². The molecule has 0 saturated carbocycles. The molecular formula is C6H7ClO7. The average molecular weight is 227 g/mol. The van der Waals surface area contributed by atoms with Crippen molar-refractivity contribution in [2.24, 2.45) is 0 Å². The molecule has 0 aliphatic carbocycles. The number of carbonyl (C=O) groups excluding carboxylic acids is 1. The molecule has 0 atom stereocenters. The molecule has 0 aliphatic heterocycles. The van der Waals surface area contributed by atoms with E-state index in [-0.39, 0.29) is 0 Å². The highest BCUT2D eigenvalue weighted by atomic mass is 35.5. The van der Waals surface area contributed by atoms with Gasteiger partial charge in [-0.25, -0.2) is 4.79 Å². The Morgan fingerprint density at radius 1 is 1.14 bits per heavy atom. The van der Waals surface area contributed by atoms with E-state index in [9.17, 15) is 19.5 Å². The SMILES string of the molecule is O=C(O)CC(O)(CC(=O)O)C(=O)OCl. The summed E-state index contributed by atoms with van der Waals surface area (Å²) in [6, 6.07) is 0. The average Bonchev–Trinajstić information content (AvgIpc) is 1.99. The number of halogens is 1.